The normalized spacial score (nSPS) is 16.6. The molecular formula is C14H29N3O2. The Hall–Kier alpha value is -0.810. The molecule has 5 heteroatoms. The van der Waals surface area contributed by atoms with Crippen molar-refractivity contribution in [2.75, 3.05) is 40.3 Å². The Kier molecular flexibility index (Phi) is 6.07. The molecule has 1 aliphatic heterocycles. The molecule has 0 atom stereocenters. The molecule has 1 heterocycles. The first kappa shape index (κ1) is 16.2. The zero-order valence-electron chi connectivity index (χ0n) is 13.0. The highest BCUT2D eigenvalue weighted by atomic mass is 16.6. The van der Waals surface area contributed by atoms with Crippen molar-refractivity contribution >= 4 is 6.09 Å². The number of hydrogen-bond donors (Lipinski definition) is 1. The smallest absolute Gasteiger partial charge is 0.410 e. The molecule has 112 valence electrons. The number of carbonyl (C=O) groups is 1. The highest BCUT2D eigenvalue weighted by Crippen LogP contribution is 2.15. The summed E-state index contributed by atoms with van der Waals surface area (Å²) in [6, 6.07) is 0.437. The Morgan fingerprint density at radius 1 is 1.32 bits per heavy atom. The van der Waals surface area contributed by atoms with Gasteiger partial charge in [-0.3, -0.25) is 0 Å². The predicted molar refractivity (Wildman–Crippen MR) is 77.4 cm³/mol. The first-order valence-electron chi connectivity index (χ1n) is 7.14. The summed E-state index contributed by atoms with van der Waals surface area (Å²) in [7, 11) is 4.19. The number of carbonyl (C=O) groups excluding carboxylic acids is 1. The second kappa shape index (κ2) is 7.10. The average Bonchev–Trinajstić information content (AvgIpc) is 2.16. The number of likely N-dealkylation sites (tertiary alicyclic amines) is 1. The van der Waals surface area contributed by atoms with Gasteiger partial charge in [0.1, 0.15) is 5.60 Å². The third kappa shape index (κ3) is 6.78. The third-order valence-corrected chi connectivity index (χ3v) is 3.00. The van der Waals surface area contributed by atoms with Crippen LogP contribution in [0.15, 0.2) is 0 Å². The fourth-order valence-corrected chi connectivity index (χ4v) is 1.94. The molecule has 0 unspecified atom stereocenters. The summed E-state index contributed by atoms with van der Waals surface area (Å²) in [6.45, 7) is 9.38. The van der Waals surface area contributed by atoms with Gasteiger partial charge >= 0.3 is 6.09 Å². The lowest BCUT2D eigenvalue weighted by molar-refractivity contribution is 0.00535. The van der Waals surface area contributed by atoms with E-state index in [-0.39, 0.29) is 6.09 Å². The summed E-state index contributed by atoms with van der Waals surface area (Å²) in [5, 5.41) is 3.47. The van der Waals surface area contributed by atoms with Crippen LogP contribution in [-0.2, 0) is 4.74 Å². The minimum atomic E-state index is -0.401. The first-order chi connectivity index (χ1) is 8.78. The quantitative estimate of drug-likeness (QED) is 0.744. The van der Waals surface area contributed by atoms with Crippen LogP contribution in [0, 0.1) is 0 Å². The van der Waals surface area contributed by atoms with Crippen LogP contribution in [0.3, 0.4) is 0 Å². The monoisotopic (exact) mass is 271 g/mol. The third-order valence-electron chi connectivity index (χ3n) is 3.00. The van der Waals surface area contributed by atoms with Crippen molar-refractivity contribution in [1.29, 1.82) is 0 Å². The second-order valence-electron chi connectivity index (χ2n) is 6.55. The van der Waals surface area contributed by atoms with Gasteiger partial charge in [-0.15, -0.1) is 0 Å². The number of nitrogens with zero attached hydrogens (tertiary/aromatic N) is 2. The van der Waals surface area contributed by atoms with Crippen molar-refractivity contribution in [2.24, 2.45) is 0 Å². The van der Waals surface area contributed by atoms with Crippen LogP contribution < -0.4 is 5.32 Å². The van der Waals surface area contributed by atoms with Gasteiger partial charge in [-0.05, 0) is 60.8 Å². The SMILES string of the molecule is CN(C)CCCCNC1CN(C(=O)OC(C)(C)C)C1. The van der Waals surface area contributed by atoms with Crippen molar-refractivity contribution in [1.82, 2.24) is 15.1 Å². The van der Waals surface area contributed by atoms with Crippen molar-refractivity contribution in [2.45, 2.75) is 45.3 Å². The fraction of sp³-hybridized carbons (Fsp3) is 0.929. The lowest BCUT2D eigenvalue weighted by atomic mass is 10.1. The summed E-state index contributed by atoms with van der Waals surface area (Å²) in [4.78, 5) is 15.7. The Balaban J connectivity index is 2.02. The van der Waals surface area contributed by atoms with Gasteiger partial charge in [-0.25, -0.2) is 4.79 Å². The maximum Gasteiger partial charge on any atom is 0.410 e. The molecule has 0 aromatic heterocycles. The molecule has 19 heavy (non-hydrogen) atoms. The van der Waals surface area contributed by atoms with Crippen LogP contribution in [0.4, 0.5) is 4.79 Å². The van der Waals surface area contributed by atoms with Gasteiger partial charge in [0, 0.05) is 19.1 Å². The van der Waals surface area contributed by atoms with E-state index < -0.39 is 5.60 Å². The van der Waals surface area contributed by atoms with Crippen LogP contribution in [0.25, 0.3) is 0 Å². The highest BCUT2D eigenvalue weighted by molar-refractivity contribution is 5.69. The predicted octanol–water partition coefficient (Wildman–Crippen LogP) is 1.54. The summed E-state index contributed by atoms with van der Waals surface area (Å²) in [6.07, 6.45) is 2.20. The van der Waals surface area contributed by atoms with E-state index in [0.29, 0.717) is 6.04 Å². The van der Waals surface area contributed by atoms with E-state index in [0.717, 1.165) is 26.2 Å². The van der Waals surface area contributed by atoms with Crippen molar-refractivity contribution < 1.29 is 9.53 Å². The van der Waals surface area contributed by atoms with E-state index in [1.54, 1.807) is 4.90 Å². The molecule has 0 aromatic rings. The molecule has 1 fully saturated rings. The van der Waals surface area contributed by atoms with Crippen molar-refractivity contribution in [3.05, 3.63) is 0 Å². The number of rotatable bonds is 6. The number of hydrogen-bond acceptors (Lipinski definition) is 4. The van der Waals surface area contributed by atoms with Gasteiger partial charge in [0.25, 0.3) is 0 Å². The molecule has 0 aromatic carbocycles. The van der Waals surface area contributed by atoms with Gasteiger partial charge in [0.05, 0.1) is 0 Å². The van der Waals surface area contributed by atoms with Crippen LogP contribution in [-0.4, -0.2) is 67.8 Å². The van der Waals surface area contributed by atoms with Crippen LogP contribution in [0.5, 0.6) is 0 Å². The summed E-state index contributed by atoms with van der Waals surface area (Å²) < 4.78 is 5.31. The number of amides is 1. The summed E-state index contributed by atoms with van der Waals surface area (Å²) in [5.74, 6) is 0. The summed E-state index contributed by atoms with van der Waals surface area (Å²) in [5.41, 5.74) is -0.401. The molecule has 0 spiro atoms. The zero-order chi connectivity index (χ0) is 14.5. The molecule has 1 N–H and O–H groups in total. The van der Waals surface area contributed by atoms with Crippen LogP contribution in [0.1, 0.15) is 33.6 Å². The topological polar surface area (TPSA) is 44.8 Å². The van der Waals surface area contributed by atoms with Crippen LogP contribution in [0.2, 0.25) is 0 Å². The first-order valence-corrected chi connectivity index (χ1v) is 7.14. The number of unbranched alkanes of at least 4 members (excludes halogenated alkanes) is 1. The molecule has 0 saturated carbocycles. The van der Waals surface area contributed by atoms with E-state index in [4.69, 9.17) is 4.74 Å². The van der Waals surface area contributed by atoms with Gasteiger partial charge in [-0.2, -0.15) is 0 Å². The van der Waals surface area contributed by atoms with E-state index in [9.17, 15) is 4.79 Å². The Morgan fingerprint density at radius 2 is 1.95 bits per heavy atom. The lowest BCUT2D eigenvalue weighted by Crippen LogP contribution is -2.60. The maximum atomic E-state index is 11.7. The fourth-order valence-electron chi connectivity index (χ4n) is 1.94. The maximum absolute atomic E-state index is 11.7. The van der Waals surface area contributed by atoms with E-state index in [2.05, 4.69) is 24.3 Å². The molecule has 1 amide bonds. The van der Waals surface area contributed by atoms with Gasteiger partial charge in [0.15, 0.2) is 0 Å². The molecule has 5 nitrogen and oxygen atoms in total. The molecule has 1 saturated heterocycles. The van der Waals surface area contributed by atoms with Crippen molar-refractivity contribution in [3.63, 3.8) is 0 Å². The molecule has 0 radical (unpaired) electrons. The van der Waals surface area contributed by atoms with Crippen molar-refractivity contribution in [3.8, 4) is 0 Å². The number of nitrogens with one attached hydrogen (secondary N) is 1. The molecule has 0 bridgehead atoms. The Morgan fingerprint density at radius 3 is 2.47 bits per heavy atom. The van der Waals surface area contributed by atoms with E-state index >= 15 is 0 Å². The molecule has 0 aliphatic carbocycles. The standard InChI is InChI=1S/C14H29N3O2/c1-14(2,3)19-13(18)17-10-12(11-17)15-8-6-7-9-16(4)5/h12,15H,6-11H2,1-5H3. The largest absolute Gasteiger partial charge is 0.444 e. The number of ether oxygens (including phenoxy) is 1. The molecule has 1 rings (SSSR count). The lowest BCUT2D eigenvalue weighted by Gasteiger charge is -2.40. The Labute approximate surface area is 117 Å². The highest BCUT2D eigenvalue weighted by Gasteiger charge is 2.32. The van der Waals surface area contributed by atoms with Gasteiger partial charge in [-0.1, -0.05) is 0 Å². The molecular weight excluding hydrogens is 242 g/mol. The van der Waals surface area contributed by atoms with E-state index in [1.807, 2.05) is 20.8 Å². The minimum absolute atomic E-state index is 0.196. The zero-order valence-corrected chi connectivity index (χ0v) is 13.0. The molecule has 1 aliphatic rings. The second-order valence-corrected chi connectivity index (χ2v) is 6.55. The summed E-state index contributed by atoms with van der Waals surface area (Å²) >= 11 is 0. The Bertz CT molecular complexity index is 281. The average molecular weight is 271 g/mol. The van der Waals surface area contributed by atoms with Gasteiger partial charge < -0.3 is 19.9 Å². The van der Waals surface area contributed by atoms with E-state index in [1.165, 1.54) is 12.8 Å². The van der Waals surface area contributed by atoms with Gasteiger partial charge in [0.2, 0.25) is 0 Å². The van der Waals surface area contributed by atoms with Crippen LogP contribution >= 0.6 is 0 Å². The minimum Gasteiger partial charge on any atom is -0.444 e.